The van der Waals surface area contributed by atoms with Crippen molar-refractivity contribution in [2.24, 2.45) is 11.8 Å². The highest BCUT2D eigenvalue weighted by Gasteiger charge is 2.31. The molecule has 0 unspecified atom stereocenters. The van der Waals surface area contributed by atoms with Crippen LogP contribution >= 0.6 is 0 Å². The van der Waals surface area contributed by atoms with Gasteiger partial charge in [0.05, 0.1) is 13.0 Å². The molecule has 9 heteroatoms. The Balaban J connectivity index is 2.21. The molecule has 0 bridgehead atoms. The molecule has 0 aliphatic rings. The smallest absolute Gasteiger partial charge is 0.329 e. The molecule has 1 aromatic heterocycles. The van der Waals surface area contributed by atoms with Gasteiger partial charge >= 0.3 is 11.9 Å². The van der Waals surface area contributed by atoms with E-state index in [1.807, 2.05) is 6.92 Å². The first-order chi connectivity index (χ1) is 16.5. The van der Waals surface area contributed by atoms with Crippen molar-refractivity contribution >= 4 is 17.8 Å². The van der Waals surface area contributed by atoms with Crippen LogP contribution in [0.15, 0.2) is 36.5 Å². The molecule has 2 rings (SSSR count). The quantitative estimate of drug-likeness (QED) is 0.498. The van der Waals surface area contributed by atoms with Crippen molar-refractivity contribution in [2.45, 2.75) is 59.6 Å². The summed E-state index contributed by atoms with van der Waals surface area (Å²) in [6.45, 7) is 10.4. The van der Waals surface area contributed by atoms with Crippen LogP contribution in [0, 0.1) is 17.7 Å². The summed E-state index contributed by atoms with van der Waals surface area (Å²) < 4.78 is 29.5. The summed E-state index contributed by atoms with van der Waals surface area (Å²) in [6.07, 6.45) is 0.805. The highest BCUT2D eigenvalue weighted by molar-refractivity contribution is 5.99. The monoisotopic (exact) mass is 488 g/mol. The molecule has 2 aromatic rings. The predicted molar refractivity (Wildman–Crippen MR) is 128 cm³/mol. The van der Waals surface area contributed by atoms with Gasteiger partial charge in [-0.2, -0.15) is 0 Å². The van der Waals surface area contributed by atoms with Crippen LogP contribution in [0.1, 0.15) is 63.5 Å². The minimum atomic E-state index is -0.994. The minimum absolute atomic E-state index is 0.125. The third-order valence-electron chi connectivity index (χ3n) is 5.59. The zero-order valence-electron chi connectivity index (χ0n) is 21.1. The van der Waals surface area contributed by atoms with Crippen LogP contribution in [0.4, 0.5) is 4.39 Å². The van der Waals surface area contributed by atoms with E-state index in [-0.39, 0.29) is 34.8 Å². The summed E-state index contributed by atoms with van der Waals surface area (Å²) >= 11 is 0. The Hall–Kier alpha value is -3.49. The number of aromatic nitrogens is 1. The Bertz CT molecular complexity index is 1040. The lowest BCUT2D eigenvalue weighted by Crippen LogP contribution is -2.46. The third-order valence-corrected chi connectivity index (χ3v) is 5.59. The van der Waals surface area contributed by atoms with E-state index in [9.17, 15) is 18.8 Å². The zero-order valence-corrected chi connectivity index (χ0v) is 21.1. The maximum atomic E-state index is 13.2. The van der Waals surface area contributed by atoms with Gasteiger partial charge in [-0.15, -0.1) is 0 Å². The Morgan fingerprint density at radius 3 is 2.11 bits per heavy atom. The molecule has 1 heterocycles. The van der Waals surface area contributed by atoms with E-state index in [1.54, 1.807) is 46.8 Å². The highest BCUT2D eigenvalue weighted by Crippen LogP contribution is 2.30. The molecule has 1 amide bonds. The Morgan fingerprint density at radius 2 is 1.57 bits per heavy atom. The average Bonchev–Trinajstić information content (AvgIpc) is 2.81. The van der Waals surface area contributed by atoms with Gasteiger partial charge in [-0.05, 0) is 30.5 Å². The Kier molecular flexibility index (Phi) is 9.74. The highest BCUT2D eigenvalue weighted by atomic mass is 19.1. The van der Waals surface area contributed by atoms with Gasteiger partial charge in [-0.3, -0.25) is 9.59 Å². The first-order valence-corrected chi connectivity index (χ1v) is 11.5. The molecule has 0 radical (unpaired) electrons. The van der Waals surface area contributed by atoms with Crippen molar-refractivity contribution in [1.82, 2.24) is 10.3 Å². The predicted octanol–water partition coefficient (Wildman–Crippen LogP) is 4.28. The fourth-order valence-electron chi connectivity index (χ4n) is 3.17. The summed E-state index contributed by atoms with van der Waals surface area (Å²) in [5.41, 5.74) is 0.624. The second-order valence-corrected chi connectivity index (χ2v) is 8.94. The molecular weight excluding hydrogens is 455 g/mol. The van der Waals surface area contributed by atoms with Gasteiger partial charge < -0.3 is 19.5 Å². The summed E-state index contributed by atoms with van der Waals surface area (Å²) in [4.78, 5) is 42.4. The average molecular weight is 489 g/mol. The SMILES string of the molecule is COc1ccnc(C(=O)N[C@H](C(=O)O[C@H](C)[C@H](C)c2ccc(F)cc2)C(C)C)c1OC(=O)C(C)C. The zero-order chi connectivity index (χ0) is 26.3. The fourth-order valence-corrected chi connectivity index (χ4v) is 3.17. The van der Waals surface area contributed by atoms with Crippen molar-refractivity contribution in [3.05, 3.63) is 53.6 Å². The molecule has 3 atom stereocenters. The molecule has 1 N–H and O–H groups in total. The van der Waals surface area contributed by atoms with Crippen LogP contribution in [-0.4, -0.2) is 42.1 Å². The van der Waals surface area contributed by atoms with Crippen molar-refractivity contribution in [3.8, 4) is 11.5 Å². The number of amides is 1. The van der Waals surface area contributed by atoms with Gasteiger partial charge in [0.2, 0.25) is 5.75 Å². The largest absolute Gasteiger partial charge is 0.493 e. The summed E-state index contributed by atoms with van der Waals surface area (Å²) in [6, 6.07) is 6.45. The lowest BCUT2D eigenvalue weighted by molar-refractivity contribution is -0.152. The van der Waals surface area contributed by atoms with E-state index in [4.69, 9.17) is 14.2 Å². The van der Waals surface area contributed by atoms with Crippen LogP contribution in [0.2, 0.25) is 0 Å². The van der Waals surface area contributed by atoms with Crippen molar-refractivity contribution in [3.63, 3.8) is 0 Å². The second kappa shape index (κ2) is 12.3. The molecule has 35 heavy (non-hydrogen) atoms. The van der Waals surface area contributed by atoms with E-state index in [1.165, 1.54) is 31.5 Å². The number of benzene rings is 1. The lowest BCUT2D eigenvalue weighted by atomic mass is 9.96. The van der Waals surface area contributed by atoms with Crippen molar-refractivity contribution < 1.29 is 33.0 Å². The van der Waals surface area contributed by atoms with Crippen LogP contribution in [-0.2, 0) is 14.3 Å². The Morgan fingerprint density at radius 1 is 0.943 bits per heavy atom. The molecular formula is C26H33FN2O6. The number of rotatable bonds is 10. The number of pyridine rings is 1. The maximum absolute atomic E-state index is 13.2. The summed E-state index contributed by atoms with van der Waals surface area (Å²) in [5, 5.41) is 2.65. The van der Waals surface area contributed by atoms with E-state index in [0.29, 0.717) is 0 Å². The van der Waals surface area contributed by atoms with Crippen LogP contribution in [0.5, 0.6) is 11.5 Å². The molecule has 0 fully saturated rings. The molecule has 0 aliphatic heterocycles. The van der Waals surface area contributed by atoms with E-state index in [0.717, 1.165) is 5.56 Å². The van der Waals surface area contributed by atoms with Crippen LogP contribution in [0.3, 0.4) is 0 Å². The van der Waals surface area contributed by atoms with E-state index >= 15 is 0 Å². The number of esters is 2. The number of nitrogens with one attached hydrogen (secondary N) is 1. The van der Waals surface area contributed by atoms with Crippen LogP contribution in [0.25, 0.3) is 0 Å². The number of hydrogen-bond donors (Lipinski definition) is 1. The number of carbonyl (C=O) groups excluding carboxylic acids is 3. The van der Waals surface area contributed by atoms with E-state index < -0.39 is 35.9 Å². The second-order valence-electron chi connectivity index (χ2n) is 8.94. The number of methoxy groups -OCH3 is 1. The summed E-state index contributed by atoms with van der Waals surface area (Å²) in [5.74, 6) is -3.18. The molecule has 8 nitrogen and oxygen atoms in total. The summed E-state index contributed by atoms with van der Waals surface area (Å²) in [7, 11) is 1.38. The fraction of sp³-hybridized carbons (Fsp3) is 0.462. The van der Waals surface area contributed by atoms with Gasteiger partial charge in [0, 0.05) is 18.2 Å². The van der Waals surface area contributed by atoms with Gasteiger partial charge in [-0.25, -0.2) is 14.2 Å². The topological polar surface area (TPSA) is 104 Å². The molecule has 0 spiro atoms. The molecule has 0 saturated carbocycles. The number of hydrogen-bond acceptors (Lipinski definition) is 7. The van der Waals surface area contributed by atoms with Gasteiger partial charge in [-0.1, -0.05) is 46.8 Å². The third kappa shape index (κ3) is 7.24. The first-order valence-electron chi connectivity index (χ1n) is 11.5. The maximum Gasteiger partial charge on any atom is 0.329 e. The van der Waals surface area contributed by atoms with Crippen LogP contribution < -0.4 is 14.8 Å². The Labute approximate surface area is 205 Å². The first kappa shape index (κ1) is 27.8. The minimum Gasteiger partial charge on any atom is -0.493 e. The number of carbonyl (C=O) groups is 3. The van der Waals surface area contributed by atoms with Gasteiger partial charge in [0.25, 0.3) is 5.91 Å². The molecule has 0 saturated heterocycles. The van der Waals surface area contributed by atoms with Gasteiger partial charge in [0.15, 0.2) is 11.4 Å². The number of halogens is 1. The number of ether oxygens (including phenoxy) is 3. The van der Waals surface area contributed by atoms with E-state index in [2.05, 4.69) is 10.3 Å². The molecule has 1 aromatic carbocycles. The number of nitrogens with zero attached hydrogens (tertiary/aromatic N) is 1. The molecule has 190 valence electrons. The van der Waals surface area contributed by atoms with Gasteiger partial charge in [0.1, 0.15) is 18.0 Å². The normalized spacial score (nSPS) is 13.7. The molecule has 0 aliphatic carbocycles. The standard InChI is InChI=1S/C26H33FN2O6/c1-14(2)21(26(32)34-17(6)16(5)18-8-10-19(27)11-9-18)29-24(30)22-23(35-25(31)15(3)4)20(33-7)12-13-28-22/h8-17,21H,1-7H3,(H,29,30)/t16-,17+,21-/m0/s1. The lowest BCUT2D eigenvalue weighted by Gasteiger charge is -2.26. The van der Waals surface area contributed by atoms with Crippen molar-refractivity contribution in [2.75, 3.05) is 7.11 Å². The van der Waals surface area contributed by atoms with Crippen molar-refractivity contribution in [1.29, 1.82) is 0 Å².